The topological polar surface area (TPSA) is 63.5 Å². The molecule has 5 rings (SSSR count). The molecule has 2 N–H and O–H groups in total. The Hall–Kier alpha value is -4.13. The Kier molecular flexibility index (Phi) is 4.43. The van der Waals surface area contributed by atoms with E-state index in [-0.39, 0.29) is 24.2 Å². The molecule has 31 heavy (non-hydrogen) atoms. The normalized spacial score (nSPS) is 12.8. The third-order valence-electron chi connectivity index (χ3n) is 5.14. The lowest BCUT2D eigenvalue weighted by Crippen LogP contribution is -2.25. The van der Waals surface area contributed by atoms with E-state index in [2.05, 4.69) is 5.32 Å². The highest BCUT2D eigenvalue weighted by Gasteiger charge is 2.22. The Morgan fingerprint density at radius 1 is 0.903 bits per heavy atom. The monoisotopic (exact) mass is 418 g/mol. The minimum Gasteiger partial charge on any atom is -0.494 e. The van der Waals surface area contributed by atoms with Gasteiger partial charge in [0.2, 0.25) is 5.88 Å². The van der Waals surface area contributed by atoms with Crippen LogP contribution in [0.15, 0.2) is 72.9 Å². The molecule has 3 aromatic carbocycles. The Balaban J connectivity index is 1.71. The summed E-state index contributed by atoms with van der Waals surface area (Å²) in [5.74, 6) is -0.563. The number of rotatable bonds is 3. The summed E-state index contributed by atoms with van der Waals surface area (Å²) < 4.78 is 33.8. The fourth-order valence-corrected chi connectivity index (χ4v) is 3.66. The van der Waals surface area contributed by atoms with Crippen molar-refractivity contribution in [3.8, 4) is 39.6 Å². The number of ether oxygens (including phenoxy) is 1. The standard InChI is InChI=1S/C24H16F2N2O3/c25-16-4-1-14(2-5-16)23-19(12-28(24(23)30)18-8-6-17(26)7-9-18)15-3-10-21-20(11-15)27-22(29)13-31-21/h1-12,30H,13H2,(H,27,29). The van der Waals surface area contributed by atoms with E-state index in [1.165, 1.54) is 28.8 Å². The molecule has 1 aromatic heterocycles. The maximum Gasteiger partial charge on any atom is 0.262 e. The number of carbonyl (C=O) groups is 1. The third-order valence-corrected chi connectivity index (χ3v) is 5.14. The largest absolute Gasteiger partial charge is 0.494 e. The fraction of sp³-hybridized carbons (Fsp3) is 0.0417. The predicted octanol–water partition coefficient (Wildman–Crippen LogP) is 5.13. The predicted molar refractivity (Wildman–Crippen MR) is 112 cm³/mol. The number of nitrogens with one attached hydrogen (secondary N) is 1. The van der Waals surface area contributed by atoms with Crippen molar-refractivity contribution in [3.63, 3.8) is 0 Å². The van der Waals surface area contributed by atoms with Gasteiger partial charge in [0.25, 0.3) is 5.91 Å². The van der Waals surface area contributed by atoms with E-state index < -0.39 is 5.82 Å². The van der Waals surface area contributed by atoms with Crippen LogP contribution < -0.4 is 10.1 Å². The third kappa shape index (κ3) is 3.40. The molecule has 0 bridgehead atoms. The van der Waals surface area contributed by atoms with Gasteiger partial charge in [-0.1, -0.05) is 18.2 Å². The van der Waals surface area contributed by atoms with Gasteiger partial charge in [-0.15, -0.1) is 0 Å². The van der Waals surface area contributed by atoms with Crippen LogP contribution >= 0.6 is 0 Å². The Morgan fingerprint density at radius 3 is 2.26 bits per heavy atom. The van der Waals surface area contributed by atoms with Gasteiger partial charge in [-0.05, 0) is 59.7 Å². The van der Waals surface area contributed by atoms with Crippen LogP contribution in [0.4, 0.5) is 14.5 Å². The highest BCUT2D eigenvalue weighted by Crippen LogP contribution is 2.43. The molecule has 154 valence electrons. The molecule has 0 saturated heterocycles. The van der Waals surface area contributed by atoms with Crippen molar-refractivity contribution in [2.24, 2.45) is 0 Å². The highest BCUT2D eigenvalue weighted by atomic mass is 19.1. The van der Waals surface area contributed by atoms with E-state index in [1.54, 1.807) is 42.6 Å². The van der Waals surface area contributed by atoms with Gasteiger partial charge in [0, 0.05) is 17.4 Å². The number of hydrogen-bond acceptors (Lipinski definition) is 3. The summed E-state index contributed by atoms with van der Waals surface area (Å²) in [7, 11) is 0. The summed E-state index contributed by atoms with van der Waals surface area (Å²) in [4.78, 5) is 11.7. The Labute approximate surface area is 176 Å². The summed E-state index contributed by atoms with van der Waals surface area (Å²) in [6.07, 6.45) is 1.72. The SMILES string of the molecule is O=C1COc2ccc(-c3cn(-c4ccc(F)cc4)c(O)c3-c3ccc(F)cc3)cc2N1. The minimum absolute atomic E-state index is 0.0467. The summed E-state index contributed by atoms with van der Waals surface area (Å²) in [6.45, 7) is -0.0467. The summed E-state index contributed by atoms with van der Waals surface area (Å²) in [5, 5.41) is 13.8. The molecule has 0 radical (unpaired) electrons. The molecular weight excluding hydrogens is 402 g/mol. The average Bonchev–Trinajstić information content (AvgIpc) is 3.11. The maximum atomic E-state index is 13.5. The number of carbonyl (C=O) groups excluding carboxylic acids is 1. The van der Waals surface area contributed by atoms with Crippen LogP contribution in [-0.4, -0.2) is 22.2 Å². The molecular formula is C24H16F2N2O3. The zero-order valence-electron chi connectivity index (χ0n) is 16.1. The van der Waals surface area contributed by atoms with Crippen LogP contribution in [0, 0.1) is 11.6 Å². The number of benzene rings is 3. The highest BCUT2D eigenvalue weighted by molar-refractivity contribution is 5.97. The van der Waals surface area contributed by atoms with Crippen molar-refractivity contribution in [1.82, 2.24) is 4.57 Å². The van der Waals surface area contributed by atoms with Crippen molar-refractivity contribution in [2.75, 3.05) is 11.9 Å². The van der Waals surface area contributed by atoms with E-state index in [0.29, 0.717) is 39.4 Å². The van der Waals surface area contributed by atoms with Crippen molar-refractivity contribution in [2.45, 2.75) is 0 Å². The van der Waals surface area contributed by atoms with Gasteiger partial charge in [-0.3, -0.25) is 9.36 Å². The molecule has 0 saturated carbocycles. The van der Waals surface area contributed by atoms with E-state index >= 15 is 0 Å². The van der Waals surface area contributed by atoms with Crippen LogP contribution in [0.2, 0.25) is 0 Å². The van der Waals surface area contributed by atoms with Crippen molar-refractivity contribution in [3.05, 3.63) is 84.6 Å². The van der Waals surface area contributed by atoms with Gasteiger partial charge in [-0.25, -0.2) is 8.78 Å². The van der Waals surface area contributed by atoms with E-state index in [1.807, 2.05) is 6.07 Å². The molecule has 0 atom stereocenters. The van der Waals surface area contributed by atoms with Crippen molar-refractivity contribution >= 4 is 11.6 Å². The summed E-state index contributed by atoms with van der Waals surface area (Å²) in [6, 6.07) is 16.8. The molecule has 0 unspecified atom stereocenters. The van der Waals surface area contributed by atoms with Gasteiger partial charge in [-0.2, -0.15) is 0 Å². The zero-order valence-corrected chi connectivity index (χ0v) is 16.1. The maximum absolute atomic E-state index is 13.5. The van der Waals surface area contributed by atoms with Crippen LogP contribution in [0.1, 0.15) is 0 Å². The van der Waals surface area contributed by atoms with Gasteiger partial charge >= 0.3 is 0 Å². The molecule has 2 heterocycles. The molecule has 0 spiro atoms. The van der Waals surface area contributed by atoms with Crippen LogP contribution in [0.3, 0.4) is 0 Å². The molecule has 0 fully saturated rings. The van der Waals surface area contributed by atoms with Gasteiger partial charge < -0.3 is 15.2 Å². The quantitative estimate of drug-likeness (QED) is 0.485. The number of aromatic hydroxyl groups is 1. The Bertz CT molecular complexity index is 1300. The number of amides is 1. The van der Waals surface area contributed by atoms with E-state index in [4.69, 9.17) is 4.74 Å². The molecule has 4 aromatic rings. The second-order valence-corrected chi connectivity index (χ2v) is 7.14. The lowest BCUT2D eigenvalue weighted by atomic mass is 9.98. The van der Waals surface area contributed by atoms with Crippen LogP contribution in [-0.2, 0) is 4.79 Å². The summed E-state index contributed by atoms with van der Waals surface area (Å²) in [5.41, 5.74) is 3.52. The van der Waals surface area contributed by atoms with E-state index in [9.17, 15) is 18.7 Å². The number of halogens is 2. The molecule has 0 aliphatic carbocycles. The minimum atomic E-state index is -0.392. The number of anilines is 1. The molecule has 1 aliphatic rings. The van der Waals surface area contributed by atoms with Crippen LogP contribution in [0.25, 0.3) is 27.9 Å². The lowest BCUT2D eigenvalue weighted by molar-refractivity contribution is -0.118. The van der Waals surface area contributed by atoms with Gasteiger partial charge in [0.15, 0.2) is 6.61 Å². The first-order valence-corrected chi connectivity index (χ1v) is 9.53. The first-order chi connectivity index (χ1) is 15.0. The first kappa shape index (κ1) is 18.9. The molecule has 7 heteroatoms. The number of aromatic nitrogens is 1. The number of fused-ring (bicyclic) bond motifs is 1. The molecule has 5 nitrogen and oxygen atoms in total. The number of nitrogens with zero attached hydrogens (tertiary/aromatic N) is 1. The smallest absolute Gasteiger partial charge is 0.262 e. The summed E-state index contributed by atoms with van der Waals surface area (Å²) >= 11 is 0. The second kappa shape index (κ2) is 7.28. The fourth-order valence-electron chi connectivity index (χ4n) is 3.66. The van der Waals surface area contributed by atoms with E-state index in [0.717, 1.165) is 0 Å². The van der Waals surface area contributed by atoms with Crippen LogP contribution in [0.5, 0.6) is 11.6 Å². The van der Waals surface area contributed by atoms with Gasteiger partial charge in [0.05, 0.1) is 11.3 Å². The molecule has 1 aliphatic heterocycles. The average molecular weight is 418 g/mol. The number of hydrogen-bond donors (Lipinski definition) is 2. The first-order valence-electron chi connectivity index (χ1n) is 9.53. The Morgan fingerprint density at radius 2 is 1.55 bits per heavy atom. The zero-order chi connectivity index (χ0) is 21.5. The lowest BCUT2D eigenvalue weighted by Gasteiger charge is -2.18. The van der Waals surface area contributed by atoms with Crippen molar-refractivity contribution in [1.29, 1.82) is 0 Å². The van der Waals surface area contributed by atoms with Gasteiger partial charge in [0.1, 0.15) is 17.4 Å². The second-order valence-electron chi connectivity index (χ2n) is 7.14. The molecule has 1 amide bonds. The van der Waals surface area contributed by atoms with Crippen molar-refractivity contribution < 1.29 is 23.4 Å².